The molecule has 0 bridgehead atoms. The van der Waals surface area contributed by atoms with Crippen LogP contribution in [0.1, 0.15) is 23.1 Å². The Morgan fingerprint density at radius 2 is 1.78 bits per heavy atom. The summed E-state index contributed by atoms with van der Waals surface area (Å²) in [5.41, 5.74) is 1.57. The van der Waals surface area contributed by atoms with Gasteiger partial charge in [-0.15, -0.1) is 0 Å². The Hall–Kier alpha value is -4.06. The molecule has 2 aromatic carbocycles. The molecule has 0 amide bonds. The third-order valence-electron chi connectivity index (χ3n) is 5.78. The van der Waals surface area contributed by atoms with Gasteiger partial charge >= 0.3 is 17.8 Å². The molecule has 4 rings (SSSR count). The van der Waals surface area contributed by atoms with Gasteiger partial charge in [0.1, 0.15) is 0 Å². The van der Waals surface area contributed by atoms with Gasteiger partial charge in [0.05, 0.1) is 11.4 Å². The Kier molecular flexibility index (Phi) is 6.88. The van der Waals surface area contributed by atoms with Crippen molar-refractivity contribution in [1.29, 1.82) is 0 Å². The second kappa shape index (κ2) is 9.90. The highest BCUT2D eigenvalue weighted by atomic mass is 19.4. The first kappa shape index (κ1) is 25.0. The van der Waals surface area contributed by atoms with Gasteiger partial charge in [0.25, 0.3) is 5.56 Å². The molecule has 0 radical (unpaired) electrons. The molecule has 0 atom stereocenters. The number of rotatable bonds is 7. The predicted molar refractivity (Wildman–Crippen MR) is 128 cm³/mol. The van der Waals surface area contributed by atoms with Crippen molar-refractivity contribution < 1.29 is 22.8 Å². The van der Waals surface area contributed by atoms with Crippen LogP contribution in [-0.2, 0) is 11.3 Å². The third kappa shape index (κ3) is 5.13. The van der Waals surface area contributed by atoms with E-state index in [0.29, 0.717) is 30.9 Å². The van der Waals surface area contributed by atoms with Crippen LogP contribution in [0.4, 0.5) is 36.1 Å². The molecule has 1 aliphatic heterocycles. The van der Waals surface area contributed by atoms with Gasteiger partial charge in [-0.1, -0.05) is 35.1 Å². The first-order valence-electron chi connectivity index (χ1n) is 11.2. The van der Waals surface area contributed by atoms with E-state index < -0.39 is 23.4 Å². The fourth-order valence-electron chi connectivity index (χ4n) is 3.88. The lowest BCUT2D eigenvalue weighted by molar-refractivity contribution is -0.200. The molecule has 12 heteroatoms. The van der Waals surface area contributed by atoms with Crippen molar-refractivity contribution in [1.82, 2.24) is 15.0 Å². The highest BCUT2D eigenvalue weighted by molar-refractivity contribution is 5.90. The van der Waals surface area contributed by atoms with E-state index in [2.05, 4.69) is 15.5 Å². The maximum atomic E-state index is 12.9. The average Bonchev–Trinajstić information content (AvgIpc) is 2.82. The summed E-state index contributed by atoms with van der Waals surface area (Å²) in [7, 11) is 0. The Balaban J connectivity index is 1.69. The fourth-order valence-corrected chi connectivity index (χ4v) is 3.88. The van der Waals surface area contributed by atoms with Crippen molar-refractivity contribution in [3.05, 3.63) is 80.0 Å². The predicted octanol–water partition coefficient (Wildman–Crippen LogP) is 3.05. The zero-order valence-electron chi connectivity index (χ0n) is 19.5. The van der Waals surface area contributed by atoms with Crippen LogP contribution in [0.25, 0.3) is 0 Å². The van der Waals surface area contributed by atoms with Crippen LogP contribution in [-0.4, -0.2) is 34.9 Å². The van der Waals surface area contributed by atoms with Gasteiger partial charge in [0.15, 0.2) is 11.5 Å². The van der Waals surface area contributed by atoms with Gasteiger partial charge in [0, 0.05) is 13.1 Å². The monoisotopic (exact) mass is 503 g/mol. The lowest BCUT2D eigenvalue weighted by Gasteiger charge is -2.34. The highest BCUT2D eigenvalue weighted by Crippen LogP contribution is 2.42. The summed E-state index contributed by atoms with van der Waals surface area (Å²) in [5, 5.41) is 6.16. The molecule has 1 aromatic heterocycles. The van der Waals surface area contributed by atoms with Crippen molar-refractivity contribution in [2.75, 3.05) is 23.3 Å². The standard InChI is InChI=1S/C24H24F3N5O4/c1-14-11-17-18(12-15(14)2)31(10-6-9-28-13-16-7-4-3-5-8-16)21-19(29-17)20(33)30-23(35)32(21)36-22(34)24(25,26)27/h3-5,7-8,11-12,28-29H,6,9-10,13H2,1-2H3,(H,30,33,35). The highest BCUT2D eigenvalue weighted by Gasteiger charge is 2.43. The second-order valence-electron chi connectivity index (χ2n) is 8.37. The van der Waals surface area contributed by atoms with Crippen molar-refractivity contribution in [3.8, 4) is 0 Å². The first-order valence-corrected chi connectivity index (χ1v) is 11.2. The molecule has 3 N–H and O–H groups in total. The minimum Gasteiger partial charge on any atom is -0.346 e. The van der Waals surface area contributed by atoms with Crippen molar-refractivity contribution in [2.45, 2.75) is 33.0 Å². The Bertz CT molecular complexity index is 1400. The number of nitrogens with one attached hydrogen (secondary N) is 3. The molecule has 36 heavy (non-hydrogen) atoms. The number of carbonyl (C=O) groups excluding carboxylic acids is 1. The van der Waals surface area contributed by atoms with Gasteiger partial charge in [-0.3, -0.25) is 9.78 Å². The van der Waals surface area contributed by atoms with Gasteiger partial charge < -0.3 is 20.4 Å². The van der Waals surface area contributed by atoms with Crippen LogP contribution in [0.3, 0.4) is 0 Å². The number of aromatic amines is 1. The summed E-state index contributed by atoms with van der Waals surface area (Å²) >= 11 is 0. The number of H-pyrrole nitrogens is 1. The van der Waals surface area contributed by atoms with E-state index in [0.717, 1.165) is 16.7 Å². The molecular weight excluding hydrogens is 479 g/mol. The van der Waals surface area contributed by atoms with Gasteiger partial charge in [0.2, 0.25) is 0 Å². The number of aryl methyl sites for hydroxylation is 2. The number of aromatic nitrogens is 2. The second-order valence-corrected chi connectivity index (χ2v) is 8.37. The number of hydrogen-bond donors (Lipinski definition) is 3. The van der Waals surface area contributed by atoms with Crippen LogP contribution in [0.2, 0.25) is 0 Å². The third-order valence-corrected chi connectivity index (χ3v) is 5.78. The summed E-state index contributed by atoms with van der Waals surface area (Å²) in [6.07, 6.45) is -4.85. The van der Waals surface area contributed by atoms with E-state index in [4.69, 9.17) is 0 Å². The molecule has 3 aromatic rings. The quantitative estimate of drug-likeness (QED) is 0.426. The Labute approximate surface area is 203 Å². The summed E-state index contributed by atoms with van der Waals surface area (Å²) < 4.78 is 39.0. The Morgan fingerprint density at radius 3 is 2.47 bits per heavy atom. The average molecular weight is 503 g/mol. The van der Waals surface area contributed by atoms with Gasteiger partial charge in [-0.2, -0.15) is 13.2 Å². The van der Waals surface area contributed by atoms with Crippen LogP contribution >= 0.6 is 0 Å². The van der Waals surface area contributed by atoms with E-state index >= 15 is 0 Å². The Morgan fingerprint density at radius 1 is 1.08 bits per heavy atom. The van der Waals surface area contributed by atoms with Crippen molar-refractivity contribution >= 4 is 28.8 Å². The fraction of sp³-hybridized carbons (Fsp3) is 0.292. The van der Waals surface area contributed by atoms with E-state index in [1.54, 1.807) is 12.1 Å². The van der Waals surface area contributed by atoms with Crippen molar-refractivity contribution in [3.63, 3.8) is 0 Å². The van der Waals surface area contributed by atoms with E-state index in [9.17, 15) is 27.6 Å². The van der Waals surface area contributed by atoms with E-state index in [-0.39, 0.29) is 22.8 Å². The number of fused-ring (bicyclic) bond motifs is 2. The SMILES string of the molecule is Cc1cc2c(cc1C)N(CCCNCc1ccccc1)c1c(c(=O)[nH]c(=O)n1OC(=O)C(F)(F)F)N2. The summed E-state index contributed by atoms with van der Waals surface area (Å²) in [6.45, 7) is 5.09. The maximum Gasteiger partial charge on any atom is 0.493 e. The minimum atomic E-state index is -5.34. The summed E-state index contributed by atoms with van der Waals surface area (Å²) in [5.74, 6) is -2.88. The molecule has 2 heterocycles. The molecule has 0 saturated carbocycles. The largest absolute Gasteiger partial charge is 0.493 e. The van der Waals surface area contributed by atoms with E-state index in [1.807, 2.05) is 49.2 Å². The minimum absolute atomic E-state index is 0.176. The molecule has 0 fully saturated rings. The normalized spacial score (nSPS) is 12.5. The van der Waals surface area contributed by atoms with Crippen LogP contribution in [0.15, 0.2) is 52.1 Å². The number of nitrogens with zero attached hydrogens (tertiary/aromatic N) is 2. The lowest BCUT2D eigenvalue weighted by Crippen LogP contribution is -2.45. The number of carbonyl (C=O) groups is 1. The summed E-state index contributed by atoms with van der Waals surface area (Å²) in [4.78, 5) is 44.5. The zero-order valence-corrected chi connectivity index (χ0v) is 19.5. The van der Waals surface area contributed by atoms with Crippen LogP contribution in [0, 0.1) is 13.8 Å². The summed E-state index contributed by atoms with van der Waals surface area (Å²) in [6, 6.07) is 13.3. The number of anilines is 4. The zero-order chi connectivity index (χ0) is 26.0. The smallest absolute Gasteiger partial charge is 0.346 e. The lowest BCUT2D eigenvalue weighted by atomic mass is 10.0. The van der Waals surface area contributed by atoms with Gasteiger partial charge in [-0.05, 0) is 55.6 Å². The molecular formula is C24H24F3N5O4. The molecule has 1 aliphatic rings. The number of alkyl halides is 3. The van der Waals surface area contributed by atoms with E-state index in [1.165, 1.54) is 4.90 Å². The van der Waals surface area contributed by atoms with Crippen LogP contribution in [0.5, 0.6) is 0 Å². The maximum absolute atomic E-state index is 12.9. The topological polar surface area (TPSA) is 108 Å². The first-order chi connectivity index (χ1) is 17.1. The molecule has 0 spiro atoms. The number of hydrogen-bond acceptors (Lipinski definition) is 7. The molecule has 190 valence electrons. The molecule has 0 saturated heterocycles. The number of benzene rings is 2. The number of halogens is 3. The van der Waals surface area contributed by atoms with Gasteiger partial charge in [-0.25, -0.2) is 9.59 Å². The molecule has 0 aliphatic carbocycles. The van der Waals surface area contributed by atoms with Crippen molar-refractivity contribution in [2.24, 2.45) is 0 Å². The molecule has 0 unspecified atom stereocenters. The van der Waals surface area contributed by atoms with Crippen LogP contribution < -0.4 is 31.6 Å². The molecule has 9 nitrogen and oxygen atoms in total.